The first kappa shape index (κ1) is 18.1. The Labute approximate surface area is 154 Å². The molecule has 0 spiro atoms. The number of nitrogens with zero attached hydrogens (tertiary/aromatic N) is 3. The van der Waals surface area contributed by atoms with Crippen molar-refractivity contribution in [1.29, 1.82) is 0 Å². The lowest BCUT2D eigenvalue weighted by Crippen LogP contribution is -2.22. The predicted molar refractivity (Wildman–Crippen MR) is 107 cm³/mol. The van der Waals surface area contributed by atoms with Crippen LogP contribution < -0.4 is 0 Å². The maximum atomic E-state index is 6.08. The smallest absolute Gasteiger partial charge is 0.162 e. The number of aryl methyl sites for hydroxylation is 1. The molecule has 6 heteroatoms. The van der Waals surface area contributed by atoms with Crippen molar-refractivity contribution in [2.75, 3.05) is 6.61 Å². The maximum absolute atomic E-state index is 6.08. The van der Waals surface area contributed by atoms with Crippen LogP contribution in [0.25, 0.3) is 22.4 Å². The number of rotatable bonds is 6. The molecule has 2 aromatic heterocycles. The van der Waals surface area contributed by atoms with Gasteiger partial charge in [-0.25, -0.2) is 9.97 Å². The molecular formula is C19H24ClN3OSi. The molecule has 132 valence electrons. The van der Waals surface area contributed by atoms with Crippen molar-refractivity contribution >= 4 is 30.8 Å². The maximum Gasteiger partial charge on any atom is 0.162 e. The third kappa shape index (κ3) is 4.29. The summed E-state index contributed by atoms with van der Waals surface area (Å²) in [6, 6.07) is 11.5. The Kier molecular flexibility index (Phi) is 5.27. The minimum absolute atomic E-state index is 0.394. The van der Waals surface area contributed by atoms with Crippen LogP contribution >= 0.6 is 11.6 Å². The second-order valence-corrected chi connectivity index (χ2v) is 13.5. The molecule has 2 heterocycles. The van der Waals surface area contributed by atoms with E-state index in [1.165, 1.54) is 5.56 Å². The number of fused-ring (bicyclic) bond motifs is 1. The molecule has 3 aromatic rings. The van der Waals surface area contributed by atoms with Crippen LogP contribution in [0.15, 0.2) is 36.5 Å². The fourth-order valence-electron chi connectivity index (χ4n) is 2.74. The number of halogens is 1. The molecule has 3 rings (SSSR count). The Balaban J connectivity index is 1.97. The highest BCUT2D eigenvalue weighted by Gasteiger charge is 2.16. The zero-order valence-corrected chi connectivity index (χ0v) is 17.0. The van der Waals surface area contributed by atoms with Gasteiger partial charge in [-0.2, -0.15) is 0 Å². The van der Waals surface area contributed by atoms with E-state index >= 15 is 0 Å². The van der Waals surface area contributed by atoms with Gasteiger partial charge in [0.15, 0.2) is 5.65 Å². The Morgan fingerprint density at radius 1 is 1.20 bits per heavy atom. The summed E-state index contributed by atoms with van der Waals surface area (Å²) in [5.74, 6) is 0. The molecule has 25 heavy (non-hydrogen) atoms. The van der Waals surface area contributed by atoms with Gasteiger partial charge in [-0.3, -0.25) is 4.57 Å². The van der Waals surface area contributed by atoms with E-state index in [9.17, 15) is 0 Å². The van der Waals surface area contributed by atoms with E-state index < -0.39 is 8.07 Å². The topological polar surface area (TPSA) is 39.9 Å². The predicted octanol–water partition coefficient (Wildman–Crippen LogP) is 5.37. The van der Waals surface area contributed by atoms with Gasteiger partial charge in [-0.1, -0.05) is 55.5 Å². The van der Waals surface area contributed by atoms with Crippen LogP contribution in [0.2, 0.25) is 30.8 Å². The van der Waals surface area contributed by atoms with Crippen molar-refractivity contribution in [3.63, 3.8) is 0 Å². The average Bonchev–Trinajstić information content (AvgIpc) is 2.89. The van der Waals surface area contributed by atoms with Crippen molar-refractivity contribution < 1.29 is 4.74 Å². The number of aromatic nitrogens is 3. The summed E-state index contributed by atoms with van der Waals surface area (Å²) in [5.41, 5.74) is 5.02. The molecule has 0 N–H and O–H groups in total. The molecule has 0 aliphatic rings. The molecule has 0 bridgehead atoms. The van der Waals surface area contributed by atoms with Crippen molar-refractivity contribution in [3.05, 3.63) is 47.2 Å². The van der Waals surface area contributed by atoms with Crippen LogP contribution in [-0.2, 0) is 11.5 Å². The summed E-state index contributed by atoms with van der Waals surface area (Å²) in [5, 5.41) is 0.394. The molecule has 0 aliphatic heterocycles. The van der Waals surface area contributed by atoms with Crippen LogP contribution in [0.3, 0.4) is 0 Å². The van der Waals surface area contributed by atoms with Crippen molar-refractivity contribution in [1.82, 2.24) is 14.5 Å². The largest absolute Gasteiger partial charge is 0.361 e. The fourth-order valence-corrected chi connectivity index (χ4v) is 3.62. The van der Waals surface area contributed by atoms with Gasteiger partial charge in [0, 0.05) is 20.2 Å². The molecule has 0 aliphatic carbocycles. The lowest BCUT2D eigenvalue weighted by molar-refractivity contribution is 0.0909. The zero-order valence-electron chi connectivity index (χ0n) is 15.2. The van der Waals surface area contributed by atoms with Crippen LogP contribution in [0.1, 0.15) is 5.56 Å². The van der Waals surface area contributed by atoms with E-state index in [0.717, 1.165) is 35.1 Å². The van der Waals surface area contributed by atoms with Crippen LogP contribution in [-0.4, -0.2) is 29.2 Å². The summed E-state index contributed by atoms with van der Waals surface area (Å²) in [4.78, 5) is 8.89. The van der Waals surface area contributed by atoms with Gasteiger partial charge >= 0.3 is 0 Å². The normalized spacial score (nSPS) is 12.0. The molecule has 1 aromatic carbocycles. The monoisotopic (exact) mass is 373 g/mol. The van der Waals surface area contributed by atoms with E-state index in [-0.39, 0.29) is 0 Å². The Morgan fingerprint density at radius 2 is 1.96 bits per heavy atom. The van der Waals surface area contributed by atoms with Crippen LogP contribution in [0, 0.1) is 6.92 Å². The molecule has 0 saturated carbocycles. The molecule has 0 fully saturated rings. The highest BCUT2D eigenvalue weighted by atomic mass is 35.5. The molecule has 0 unspecified atom stereocenters. The summed E-state index contributed by atoms with van der Waals surface area (Å²) >= 11 is 6.08. The number of ether oxygens (including phenoxy) is 1. The van der Waals surface area contributed by atoms with Crippen molar-refractivity contribution in [2.45, 2.75) is 39.3 Å². The molecular weight excluding hydrogens is 350 g/mol. The van der Waals surface area contributed by atoms with E-state index in [4.69, 9.17) is 16.3 Å². The summed E-state index contributed by atoms with van der Waals surface area (Å²) in [7, 11) is -1.11. The van der Waals surface area contributed by atoms with Gasteiger partial charge in [0.2, 0.25) is 0 Å². The Morgan fingerprint density at radius 3 is 2.68 bits per heavy atom. The van der Waals surface area contributed by atoms with Gasteiger partial charge in [0.1, 0.15) is 17.4 Å². The summed E-state index contributed by atoms with van der Waals surface area (Å²) < 4.78 is 8.06. The van der Waals surface area contributed by atoms with Gasteiger partial charge in [-0.05, 0) is 24.6 Å². The highest BCUT2D eigenvalue weighted by molar-refractivity contribution is 6.76. The Hall–Kier alpha value is -1.69. The van der Waals surface area contributed by atoms with Crippen molar-refractivity contribution in [3.8, 4) is 11.3 Å². The third-order valence-corrected chi connectivity index (χ3v) is 6.10. The Bertz CT molecular complexity index is 886. The number of benzene rings is 1. The minimum Gasteiger partial charge on any atom is -0.361 e. The molecule has 0 saturated heterocycles. The van der Waals surface area contributed by atoms with E-state index in [1.54, 1.807) is 6.20 Å². The summed E-state index contributed by atoms with van der Waals surface area (Å²) in [6.07, 6.45) is 1.59. The van der Waals surface area contributed by atoms with Gasteiger partial charge in [0.25, 0.3) is 0 Å². The SMILES string of the molecule is Cc1ccccc1-c1cc2ncc(Cl)nc2n1COCC[Si](C)(C)C. The quantitative estimate of drug-likeness (QED) is 0.430. The van der Waals surface area contributed by atoms with E-state index in [2.05, 4.69) is 59.3 Å². The van der Waals surface area contributed by atoms with E-state index in [1.807, 2.05) is 12.1 Å². The van der Waals surface area contributed by atoms with Crippen LogP contribution in [0.5, 0.6) is 0 Å². The second-order valence-electron chi connectivity index (χ2n) is 7.52. The first-order valence-electron chi connectivity index (χ1n) is 8.51. The van der Waals surface area contributed by atoms with Crippen LogP contribution in [0.4, 0.5) is 0 Å². The van der Waals surface area contributed by atoms with Gasteiger partial charge in [0.05, 0.1) is 11.9 Å². The first-order chi connectivity index (χ1) is 11.8. The van der Waals surface area contributed by atoms with Crippen molar-refractivity contribution in [2.24, 2.45) is 0 Å². The molecule has 4 nitrogen and oxygen atoms in total. The third-order valence-electron chi connectivity index (χ3n) is 4.21. The van der Waals surface area contributed by atoms with Gasteiger partial charge in [-0.15, -0.1) is 0 Å². The lowest BCUT2D eigenvalue weighted by Gasteiger charge is -2.17. The molecule has 0 radical (unpaired) electrons. The van der Waals surface area contributed by atoms with Gasteiger partial charge < -0.3 is 4.74 Å². The minimum atomic E-state index is -1.11. The first-order valence-corrected chi connectivity index (χ1v) is 12.6. The molecule has 0 atom stereocenters. The molecule has 0 amide bonds. The number of hydrogen-bond donors (Lipinski definition) is 0. The van der Waals surface area contributed by atoms with E-state index in [0.29, 0.717) is 11.9 Å². The highest BCUT2D eigenvalue weighted by Crippen LogP contribution is 2.29. The lowest BCUT2D eigenvalue weighted by atomic mass is 10.1. The number of hydrogen-bond acceptors (Lipinski definition) is 3. The average molecular weight is 374 g/mol. The zero-order chi connectivity index (χ0) is 18.0. The fraction of sp³-hybridized carbons (Fsp3) is 0.368. The second kappa shape index (κ2) is 7.28. The summed E-state index contributed by atoms with van der Waals surface area (Å²) in [6.45, 7) is 10.4. The standard InChI is InChI=1S/C19H24ClN3OSi/c1-14-7-5-6-8-15(14)17-11-16-19(22-18(20)12-21-16)23(17)13-24-9-10-25(2,3)4/h5-8,11-12H,9-10,13H2,1-4H3.